The average Bonchev–Trinajstić information content (AvgIpc) is 3.25. The molecule has 0 spiro atoms. The van der Waals surface area contributed by atoms with Crippen LogP contribution < -0.4 is 10.0 Å². The van der Waals surface area contributed by atoms with E-state index in [4.69, 9.17) is 0 Å². The zero-order valence-corrected chi connectivity index (χ0v) is 20.4. The monoisotopic (exact) mass is 508 g/mol. The van der Waals surface area contributed by atoms with Crippen molar-refractivity contribution in [2.24, 2.45) is 5.92 Å². The second-order valence-corrected chi connectivity index (χ2v) is 11.3. The van der Waals surface area contributed by atoms with Gasteiger partial charge in [-0.1, -0.05) is 46.3 Å². The molecule has 164 valence electrons. The summed E-state index contributed by atoms with van der Waals surface area (Å²) in [6.07, 6.45) is 5.40. The van der Waals surface area contributed by atoms with Crippen LogP contribution in [0, 0.1) is 19.8 Å². The van der Waals surface area contributed by atoms with Gasteiger partial charge in [0, 0.05) is 21.8 Å². The molecular formula is C26H25BrN2O2S. The number of fused-ring (bicyclic) bond motifs is 3. The molecule has 3 aromatic carbocycles. The Labute approximate surface area is 197 Å². The minimum atomic E-state index is -3.68. The van der Waals surface area contributed by atoms with Gasteiger partial charge in [0.2, 0.25) is 0 Å². The summed E-state index contributed by atoms with van der Waals surface area (Å²) in [5.74, 6) is 0.537. The van der Waals surface area contributed by atoms with E-state index in [1.165, 1.54) is 5.56 Å². The second-order valence-electron chi connectivity index (χ2n) is 8.68. The lowest BCUT2D eigenvalue weighted by molar-refractivity contribution is 0.425. The van der Waals surface area contributed by atoms with Gasteiger partial charge < -0.3 is 5.32 Å². The van der Waals surface area contributed by atoms with Gasteiger partial charge >= 0.3 is 0 Å². The molecule has 2 aliphatic rings. The summed E-state index contributed by atoms with van der Waals surface area (Å²) in [7, 11) is -3.68. The third-order valence-electron chi connectivity index (χ3n) is 6.61. The molecule has 0 saturated heterocycles. The molecule has 1 heterocycles. The highest BCUT2D eigenvalue weighted by molar-refractivity contribution is 9.10. The number of allylic oxidation sites excluding steroid dienone is 2. The van der Waals surface area contributed by atoms with Crippen molar-refractivity contribution in [1.82, 2.24) is 0 Å². The molecule has 0 aromatic heterocycles. The van der Waals surface area contributed by atoms with Crippen molar-refractivity contribution in [2.45, 2.75) is 37.1 Å². The van der Waals surface area contributed by atoms with Crippen molar-refractivity contribution in [2.75, 3.05) is 10.0 Å². The summed E-state index contributed by atoms with van der Waals surface area (Å²) in [5.41, 5.74) is 6.03. The van der Waals surface area contributed by atoms with Gasteiger partial charge in [0.25, 0.3) is 10.0 Å². The standard InChI is InChI=1S/C26H25BrN2O2S/c1-16-9-10-20(13-17(16)2)29-32(30,31)21-11-12-25-24(15-21)22-7-4-8-23(22)26(28-25)18-5-3-6-19(27)14-18/h3-7,9-15,22-23,26,28-29H,8H2,1-2H3/t22-,23+,26+/m0/s1. The van der Waals surface area contributed by atoms with Gasteiger partial charge in [0.1, 0.15) is 0 Å². The van der Waals surface area contributed by atoms with Crippen molar-refractivity contribution in [3.8, 4) is 0 Å². The molecular weight excluding hydrogens is 484 g/mol. The van der Waals surface area contributed by atoms with E-state index < -0.39 is 10.0 Å². The number of halogens is 1. The number of benzene rings is 3. The molecule has 1 aliphatic heterocycles. The highest BCUT2D eigenvalue weighted by Gasteiger charge is 2.38. The van der Waals surface area contributed by atoms with Gasteiger partial charge in [0.05, 0.1) is 10.9 Å². The van der Waals surface area contributed by atoms with Crippen LogP contribution in [-0.4, -0.2) is 8.42 Å². The number of hydrogen-bond donors (Lipinski definition) is 2. The Kier molecular flexibility index (Phi) is 5.38. The fourth-order valence-electron chi connectivity index (χ4n) is 4.79. The molecule has 5 rings (SSSR count). The predicted molar refractivity (Wildman–Crippen MR) is 134 cm³/mol. The fraction of sp³-hybridized carbons (Fsp3) is 0.231. The van der Waals surface area contributed by atoms with Gasteiger partial charge in [-0.05, 0) is 90.9 Å². The molecule has 0 unspecified atom stereocenters. The maximum Gasteiger partial charge on any atom is 0.261 e. The molecule has 3 aromatic rings. The first kappa shape index (κ1) is 21.3. The minimum Gasteiger partial charge on any atom is -0.378 e. The maximum atomic E-state index is 13.1. The Morgan fingerprint density at radius 3 is 2.62 bits per heavy atom. The van der Waals surface area contributed by atoms with Crippen molar-refractivity contribution in [1.29, 1.82) is 0 Å². The van der Waals surface area contributed by atoms with E-state index in [0.29, 0.717) is 11.6 Å². The number of hydrogen-bond acceptors (Lipinski definition) is 3. The smallest absolute Gasteiger partial charge is 0.261 e. The third kappa shape index (κ3) is 3.86. The van der Waals surface area contributed by atoms with Crippen molar-refractivity contribution in [3.63, 3.8) is 0 Å². The van der Waals surface area contributed by atoms with Crippen LogP contribution in [-0.2, 0) is 10.0 Å². The quantitative estimate of drug-likeness (QED) is 0.385. The van der Waals surface area contributed by atoms with Crippen LogP contribution in [0.2, 0.25) is 0 Å². The summed E-state index contributed by atoms with van der Waals surface area (Å²) in [6.45, 7) is 3.99. The number of sulfonamides is 1. The van der Waals surface area contributed by atoms with Crippen LogP contribution in [0.1, 0.15) is 40.6 Å². The highest BCUT2D eigenvalue weighted by atomic mass is 79.9. The Hall–Kier alpha value is -2.57. The van der Waals surface area contributed by atoms with E-state index in [1.807, 2.05) is 44.2 Å². The normalized spacial score (nSPS) is 21.5. The topological polar surface area (TPSA) is 58.2 Å². The maximum absolute atomic E-state index is 13.1. The van der Waals surface area contributed by atoms with Gasteiger partial charge in [-0.25, -0.2) is 8.42 Å². The molecule has 32 heavy (non-hydrogen) atoms. The SMILES string of the molecule is Cc1ccc(NS(=O)(=O)c2ccc3c(c2)[C@H]2C=CC[C@H]2[C@@H](c2cccc(Br)c2)N3)cc1C. The van der Waals surface area contributed by atoms with E-state index in [0.717, 1.165) is 33.3 Å². The van der Waals surface area contributed by atoms with E-state index in [2.05, 4.69) is 56.3 Å². The van der Waals surface area contributed by atoms with Crippen LogP contribution in [0.5, 0.6) is 0 Å². The largest absolute Gasteiger partial charge is 0.378 e. The number of nitrogens with one attached hydrogen (secondary N) is 2. The van der Waals surface area contributed by atoms with Crippen molar-refractivity contribution < 1.29 is 8.42 Å². The summed E-state index contributed by atoms with van der Waals surface area (Å²) in [6, 6.07) is 19.6. The molecule has 3 atom stereocenters. The number of aryl methyl sites for hydroxylation is 2. The highest BCUT2D eigenvalue weighted by Crippen LogP contribution is 2.50. The molecule has 1 aliphatic carbocycles. The zero-order valence-electron chi connectivity index (χ0n) is 18.0. The van der Waals surface area contributed by atoms with E-state index in [9.17, 15) is 8.42 Å². The lowest BCUT2D eigenvalue weighted by Crippen LogP contribution is -2.29. The molecule has 0 radical (unpaired) electrons. The van der Waals surface area contributed by atoms with Crippen molar-refractivity contribution in [3.05, 3.63) is 99.5 Å². The first-order valence-corrected chi connectivity index (χ1v) is 13.0. The van der Waals surface area contributed by atoms with Gasteiger partial charge in [-0.2, -0.15) is 0 Å². The molecule has 0 bridgehead atoms. The summed E-state index contributed by atoms with van der Waals surface area (Å²) < 4.78 is 30.1. The number of rotatable bonds is 4. The van der Waals surface area contributed by atoms with Crippen molar-refractivity contribution >= 4 is 37.3 Å². The molecule has 2 N–H and O–H groups in total. The Morgan fingerprint density at radius 2 is 1.84 bits per heavy atom. The van der Waals surface area contributed by atoms with Gasteiger partial charge in [-0.3, -0.25) is 4.72 Å². The van der Waals surface area contributed by atoms with Gasteiger partial charge in [-0.15, -0.1) is 0 Å². The zero-order chi connectivity index (χ0) is 22.5. The third-order valence-corrected chi connectivity index (χ3v) is 8.48. The van der Waals surface area contributed by atoms with E-state index in [-0.39, 0.29) is 16.9 Å². The van der Waals surface area contributed by atoms with Crippen LogP contribution in [0.15, 0.2) is 82.2 Å². The summed E-state index contributed by atoms with van der Waals surface area (Å²) in [5, 5.41) is 3.68. The average molecular weight is 509 g/mol. The fourth-order valence-corrected chi connectivity index (χ4v) is 6.29. The molecule has 0 fully saturated rings. The van der Waals surface area contributed by atoms with Crippen LogP contribution in [0.25, 0.3) is 0 Å². The molecule has 0 amide bonds. The van der Waals surface area contributed by atoms with Crippen LogP contribution >= 0.6 is 15.9 Å². The molecule has 0 saturated carbocycles. The Morgan fingerprint density at radius 1 is 1.00 bits per heavy atom. The first-order chi connectivity index (χ1) is 15.3. The second kappa shape index (κ2) is 8.09. The predicted octanol–water partition coefficient (Wildman–Crippen LogP) is 6.69. The molecule has 6 heteroatoms. The summed E-state index contributed by atoms with van der Waals surface area (Å²) in [4.78, 5) is 0.288. The minimum absolute atomic E-state index is 0.177. The van der Waals surface area contributed by atoms with Gasteiger partial charge in [0.15, 0.2) is 0 Å². The van der Waals surface area contributed by atoms with Crippen LogP contribution in [0.3, 0.4) is 0 Å². The lowest BCUT2D eigenvalue weighted by atomic mass is 9.77. The summed E-state index contributed by atoms with van der Waals surface area (Å²) >= 11 is 3.58. The Bertz CT molecular complexity index is 1330. The Balaban J connectivity index is 1.49. The van der Waals surface area contributed by atoms with E-state index >= 15 is 0 Å². The van der Waals surface area contributed by atoms with Crippen LogP contribution in [0.4, 0.5) is 11.4 Å². The first-order valence-electron chi connectivity index (χ1n) is 10.7. The number of anilines is 2. The van der Waals surface area contributed by atoms with E-state index in [1.54, 1.807) is 12.1 Å². The lowest BCUT2D eigenvalue weighted by Gasteiger charge is -2.37. The molecule has 4 nitrogen and oxygen atoms in total.